The molecule has 0 radical (unpaired) electrons. The summed E-state index contributed by atoms with van der Waals surface area (Å²) in [7, 11) is 1.36. The number of phosphoric acid groups is 1. The number of phosphoric ester groups is 1. The highest BCUT2D eigenvalue weighted by Gasteiger charge is 2.19. The number of allylic oxidation sites excluding steroid dienone is 3. The van der Waals surface area contributed by atoms with E-state index in [4.69, 9.17) is 18.5 Å². The number of unbranched alkanes of at least 4 members (excludes halogenated alkanes) is 21. The predicted octanol–water partition coefficient (Wildman–Crippen LogP) is 11.0. The van der Waals surface area contributed by atoms with Crippen molar-refractivity contribution in [3.8, 4) is 0 Å². The van der Waals surface area contributed by atoms with E-state index >= 15 is 0 Å². The maximum Gasteiger partial charge on any atom is 0.305 e. The molecule has 0 aliphatic rings. The van der Waals surface area contributed by atoms with Crippen molar-refractivity contribution in [2.75, 3.05) is 47.5 Å². The Bertz CT molecular complexity index is 843. The van der Waals surface area contributed by atoms with Crippen molar-refractivity contribution in [3.63, 3.8) is 0 Å². The average Bonchev–Trinajstić information content (AvgIpc) is 3.05. The second-order valence-electron chi connectivity index (χ2n) is 14.7. The maximum absolute atomic E-state index is 12.4. The maximum atomic E-state index is 12.4. The van der Waals surface area contributed by atoms with Gasteiger partial charge in [-0.15, -0.1) is 0 Å². The summed E-state index contributed by atoms with van der Waals surface area (Å²) in [6.07, 6.45) is 37.2. The van der Waals surface area contributed by atoms with Crippen LogP contribution >= 0.6 is 7.82 Å². The van der Waals surface area contributed by atoms with Crippen LogP contribution in [0.4, 0.5) is 0 Å². The third-order valence-electron chi connectivity index (χ3n) is 8.59. The van der Waals surface area contributed by atoms with E-state index in [1.807, 2.05) is 27.2 Å². The normalized spacial score (nSPS) is 14.1. The zero-order valence-electron chi connectivity index (χ0n) is 32.6. The van der Waals surface area contributed by atoms with Gasteiger partial charge in [-0.2, -0.15) is 0 Å². The molecule has 0 heterocycles. The lowest BCUT2D eigenvalue weighted by atomic mass is 10.0. The minimum atomic E-state index is -4.51. The number of nitrogens with zero attached hydrogens (tertiary/aromatic N) is 1. The molecular weight excluding hydrogens is 637 g/mol. The van der Waals surface area contributed by atoms with E-state index in [0.717, 1.165) is 44.9 Å². The fourth-order valence-corrected chi connectivity index (χ4v) is 6.06. The van der Waals surface area contributed by atoms with Gasteiger partial charge < -0.3 is 27.9 Å². The molecule has 0 spiro atoms. The van der Waals surface area contributed by atoms with Crippen LogP contribution in [0.1, 0.15) is 174 Å². The van der Waals surface area contributed by atoms with E-state index in [0.29, 0.717) is 17.4 Å². The lowest BCUT2D eigenvalue weighted by Gasteiger charge is -2.28. The molecule has 2 unspecified atom stereocenters. The van der Waals surface area contributed by atoms with Crippen molar-refractivity contribution in [2.45, 2.75) is 180 Å². The number of esters is 1. The first-order valence-corrected chi connectivity index (χ1v) is 21.6. The monoisotopic (exact) mass is 716 g/mol. The van der Waals surface area contributed by atoms with Crippen molar-refractivity contribution in [1.82, 2.24) is 0 Å². The van der Waals surface area contributed by atoms with Gasteiger partial charge in [0, 0.05) is 6.42 Å². The van der Waals surface area contributed by atoms with Crippen LogP contribution in [0, 0.1) is 0 Å². The van der Waals surface area contributed by atoms with Gasteiger partial charge in [0.05, 0.1) is 34.0 Å². The molecule has 290 valence electrons. The predicted molar refractivity (Wildman–Crippen MR) is 203 cm³/mol. The SMILES string of the molecule is CCCC/C=C\CCCCCCCC(=O)OCC(COP(=O)([O-])OCC[N+](C)(C)C)O/C=C\CCCCCCCCCCCCCCCC. The molecule has 0 rings (SSSR count). The topological polar surface area (TPSA) is 94.1 Å². The Kier molecular flexibility index (Phi) is 33.1. The lowest BCUT2D eigenvalue weighted by Crippen LogP contribution is -2.37. The van der Waals surface area contributed by atoms with E-state index in [2.05, 4.69) is 26.0 Å². The van der Waals surface area contributed by atoms with Gasteiger partial charge in [0.2, 0.25) is 0 Å². The van der Waals surface area contributed by atoms with Gasteiger partial charge >= 0.3 is 5.97 Å². The summed E-state index contributed by atoms with van der Waals surface area (Å²) < 4.78 is 34.2. The highest BCUT2D eigenvalue weighted by atomic mass is 31.2. The van der Waals surface area contributed by atoms with Crippen molar-refractivity contribution in [3.05, 3.63) is 24.5 Å². The van der Waals surface area contributed by atoms with Gasteiger partial charge in [-0.1, -0.05) is 142 Å². The van der Waals surface area contributed by atoms with Crippen molar-refractivity contribution >= 4 is 13.8 Å². The van der Waals surface area contributed by atoms with Gasteiger partial charge in [0.1, 0.15) is 19.8 Å². The Morgan fingerprint density at radius 3 is 1.63 bits per heavy atom. The van der Waals surface area contributed by atoms with Crippen molar-refractivity contribution in [2.24, 2.45) is 0 Å². The summed E-state index contributed by atoms with van der Waals surface area (Å²) in [4.78, 5) is 24.7. The minimum absolute atomic E-state index is 0.0273. The first-order valence-electron chi connectivity index (χ1n) is 20.1. The second kappa shape index (κ2) is 33.9. The largest absolute Gasteiger partial charge is 0.756 e. The molecule has 0 saturated heterocycles. The number of likely N-dealkylation sites (N-methyl/N-ethyl adjacent to an activating group) is 1. The lowest BCUT2D eigenvalue weighted by molar-refractivity contribution is -0.870. The fourth-order valence-electron chi connectivity index (χ4n) is 5.33. The summed E-state index contributed by atoms with van der Waals surface area (Å²) >= 11 is 0. The molecule has 0 fully saturated rings. The molecular formula is C40H78NO7P. The van der Waals surface area contributed by atoms with E-state index in [1.165, 1.54) is 109 Å². The number of rotatable bonds is 37. The van der Waals surface area contributed by atoms with Crippen LogP contribution in [-0.2, 0) is 27.9 Å². The summed E-state index contributed by atoms with van der Waals surface area (Å²) in [6.45, 7) is 4.66. The molecule has 0 aromatic rings. The molecule has 0 amide bonds. The van der Waals surface area contributed by atoms with Gasteiger partial charge in [-0.3, -0.25) is 9.36 Å². The van der Waals surface area contributed by atoms with E-state index in [-0.39, 0.29) is 25.8 Å². The zero-order chi connectivity index (χ0) is 36.3. The first-order chi connectivity index (χ1) is 23.6. The van der Waals surface area contributed by atoms with Gasteiger partial charge in [0.25, 0.3) is 7.82 Å². The Balaban J connectivity index is 4.32. The molecule has 0 bridgehead atoms. The summed E-state index contributed by atoms with van der Waals surface area (Å²) in [5.41, 5.74) is 0. The molecule has 9 heteroatoms. The Morgan fingerprint density at radius 1 is 0.633 bits per heavy atom. The van der Waals surface area contributed by atoms with Gasteiger partial charge in [0.15, 0.2) is 6.10 Å². The Labute approximate surface area is 303 Å². The van der Waals surface area contributed by atoms with Crippen LogP contribution in [0.5, 0.6) is 0 Å². The smallest absolute Gasteiger partial charge is 0.305 e. The van der Waals surface area contributed by atoms with Crippen LogP contribution in [0.25, 0.3) is 0 Å². The van der Waals surface area contributed by atoms with Crippen LogP contribution in [0.2, 0.25) is 0 Å². The van der Waals surface area contributed by atoms with Crippen LogP contribution in [0.3, 0.4) is 0 Å². The highest BCUT2D eigenvalue weighted by Crippen LogP contribution is 2.38. The highest BCUT2D eigenvalue weighted by molar-refractivity contribution is 7.45. The Hall–Kier alpha value is -1.18. The zero-order valence-corrected chi connectivity index (χ0v) is 33.5. The molecule has 0 aromatic heterocycles. The van der Waals surface area contributed by atoms with Crippen molar-refractivity contribution < 1.29 is 37.3 Å². The van der Waals surface area contributed by atoms with Crippen LogP contribution in [-0.4, -0.2) is 64.1 Å². The number of carbonyl (C=O) groups excluding carboxylic acids is 1. The van der Waals surface area contributed by atoms with Gasteiger partial charge in [-0.05, 0) is 44.6 Å². The molecule has 0 aliphatic heterocycles. The number of ether oxygens (including phenoxy) is 2. The number of quaternary nitrogens is 1. The summed E-state index contributed by atoms with van der Waals surface area (Å²) in [5.74, 6) is -0.302. The van der Waals surface area contributed by atoms with Gasteiger partial charge in [-0.25, -0.2) is 0 Å². The molecule has 0 saturated carbocycles. The quantitative estimate of drug-likeness (QED) is 0.0158. The molecule has 0 N–H and O–H groups in total. The van der Waals surface area contributed by atoms with Crippen molar-refractivity contribution in [1.29, 1.82) is 0 Å². The van der Waals surface area contributed by atoms with Crippen LogP contribution in [0.15, 0.2) is 24.5 Å². The molecule has 0 aliphatic carbocycles. The second-order valence-corrected chi connectivity index (χ2v) is 16.1. The van der Waals surface area contributed by atoms with E-state index in [9.17, 15) is 14.3 Å². The average molecular weight is 716 g/mol. The fraction of sp³-hybridized carbons (Fsp3) is 0.875. The van der Waals surface area contributed by atoms with E-state index < -0.39 is 13.9 Å². The number of carbonyl (C=O) groups is 1. The summed E-state index contributed by atoms with van der Waals surface area (Å²) in [5, 5.41) is 0. The standard InChI is InChI=1S/C40H78NO7P/c1-6-8-10-12-14-16-18-19-20-21-22-24-26-28-30-32-35-45-39(38-48-49(43,44)47-36-34-41(3,4)5)37-46-40(42)33-31-29-27-25-23-17-15-13-11-9-7-2/h13,15,32,35,39H,6-12,14,16-31,33-34,36-38H2,1-5H3/b15-13-,35-32-. The number of hydrogen-bond acceptors (Lipinski definition) is 7. The third-order valence-corrected chi connectivity index (χ3v) is 9.56. The van der Waals surface area contributed by atoms with Crippen LogP contribution < -0.4 is 4.89 Å². The third kappa shape index (κ3) is 37.9. The molecule has 8 nitrogen and oxygen atoms in total. The van der Waals surface area contributed by atoms with E-state index in [1.54, 1.807) is 6.26 Å². The molecule has 0 aromatic carbocycles. The Morgan fingerprint density at radius 2 is 1.10 bits per heavy atom. The molecule has 49 heavy (non-hydrogen) atoms. The first kappa shape index (κ1) is 47.8. The number of hydrogen-bond donors (Lipinski definition) is 0. The summed E-state index contributed by atoms with van der Waals surface area (Å²) in [6, 6.07) is 0. The minimum Gasteiger partial charge on any atom is -0.756 e. The molecule has 2 atom stereocenters.